The lowest BCUT2D eigenvalue weighted by Gasteiger charge is -2.45. The smallest absolute Gasteiger partial charge is 0.311 e. The topological polar surface area (TPSA) is 320 Å². The minimum Gasteiger partial charge on any atom is -0.481 e. The second kappa shape index (κ2) is 27.6. The van der Waals surface area contributed by atoms with E-state index < -0.39 is 141 Å². The van der Waals surface area contributed by atoms with Crippen LogP contribution in [0, 0.1) is 17.8 Å². The first-order valence-electron chi connectivity index (χ1n) is 22.6. The Bertz CT molecular complexity index is 1620. The van der Waals surface area contributed by atoms with Gasteiger partial charge < -0.3 is 80.9 Å². The van der Waals surface area contributed by atoms with Gasteiger partial charge in [-0.25, -0.2) is 0 Å². The van der Waals surface area contributed by atoms with Crippen LogP contribution in [0.25, 0.3) is 0 Å². The molecule has 370 valence electrons. The number of cyclic esters (lactones) is 1. The lowest BCUT2D eigenvalue weighted by atomic mass is 9.82. The van der Waals surface area contributed by atoms with Gasteiger partial charge in [0.1, 0.15) is 18.1 Å². The van der Waals surface area contributed by atoms with Crippen LogP contribution in [-0.2, 0) is 28.5 Å². The molecule has 3 aliphatic rings. The first kappa shape index (κ1) is 56.1. The molecule has 3 rings (SSSR count). The fourth-order valence-electron chi connectivity index (χ4n) is 8.11. The van der Waals surface area contributed by atoms with Crippen molar-refractivity contribution >= 4 is 11.9 Å². The molecule has 18 heteroatoms. The molecular weight excluding hydrogens is 851 g/mol. The monoisotopic (exact) mass is 926 g/mol. The van der Waals surface area contributed by atoms with Crippen molar-refractivity contribution in [2.24, 2.45) is 23.5 Å². The van der Waals surface area contributed by atoms with Crippen molar-refractivity contribution in [1.29, 1.82) is 0 Å². The minimum atomic E-state index is -2.35. The molecule has 0 amide bonds. The van der Waals surface area contributed by atoms with Crippen molar-refractivity contribution in [3.05, 3.63) is 72.9 Å². The molecule has 2 bridgehead atoms. The molecule has 3 aliphatic heterocycles. The fraction of sp³-hybridized carbons (Fsp3) is 0.702. The van der Waals surface area contributed by atoms with E-state index in [2.05, 4.69) is 0 Å². The normalized spacial score (nSPS) is 44.8. The Morgan fingerprint density at radius 3 is 1.94 bits per heavy atom. The molecule has 9 unspecified atom stereocenters. The number of rotatable bonds is 3. The molecule has 19 atom stereocenters. The van der Waals surface area contributed by atoms with Crippen LogP contribution in [0.1, 0.15) is 91.9 Å². The van der Waals surface area contributed by atoms with E-state index in [1.165, 1.54) is 13.0 Å². The highest BCUT2D eigenvalue weighted by Gasteiger charge is 2.51. The van der Waals surface area contributed by atoms with E-state index in [1.54, 1.807) is 38.2 Å². The Labute approximate surface area is 381 Å². The van der Waals surface area contributed by atoms with Gasteiger partial charge in [-0.15, -0.1) is 0 Å². The summed E-state index contributed by atoms with van der Waals surface area (Å²) >= 11 is 0. The summed E-state index contributed by atoms with van der Waals surface area (Å²) in [6.07, 6.45) is 2.28. The third-order valence-corrected chi connectivity index (χ3v) is 12.2. The van der Waals surface area contributed by atoms with E-state index in [0.717, 1.165) is 12.8 Å². The standard InChI is InChI=1S/C47H75NO17/c1-27-17-15-13-11-9-7-5-6-8-10-12-14-16-18-34(64-46-44(58)41(48)43(57)30(4)63-46)24-38-40(45(59)60)37(54)26-47(61,65-38)25-36(53)35(52)20-19-31(49)21-32(50)22-33(51)23-39(55)62-29(3)28(2)42(27)56/h5-6,8,10-18,27-38,40-44,46,49-54,56-58,61H,7,9,19-26,48H2,1-4H3,(H,59,60)/b6-5+,10-8+,13-11+,14-12+,17-15+,18-16?/t27-,28-,29-,30+,31?,32?,33?,34?,35?,36?,37?,38?,40?,41-,42+,43+,44-,46+,47+/m0/s1. The molecule has 13 N–H and O–H groups in total. The van der Waals surface area contributed by atoms with Crippen LogP contribution in [-0.4, -0.2) is 166 Å². The number of aliphatic carboxylic acids is 1. The molecule has 2 saturated heterocycles. The van der Waals surface area contributed by atoms with Gasteiger partial charge in [0.05, 0.1) is 79.6 Å². The number of carbonyl (C=O) groups is 2. The Kier molecular flexibility index (Phi) is 23.8. The number of carbonyl (C=O) groups excluding carboxylic acids is 1. The van der Waals surface area contributed by atoms with Crippen LogP contribution in [0.5, 0.6) is 0 Å². The maximum atomic E-state index is 12.6. The number of hydrogen-bond donors (Lipinski definition) is 12. The molecule has 3 heterocycles. The van der Waals surface area contributed by atoms with Crippen LogP contribution in [0.2, 0.25) is 0 Å². The van der Waals surface area contributed by atoms with Crippen molar-refractivity contribution in [2.75, 3.05) is 0 Å². The number of allylic oxidation sites excluding steroid dienone is 10. The summed E-state index contributed by atoms with van der Waals surface area (Å²) in [7, 11) is 0. The van der Waals surface area contributed by atoms with Gasteiger partial charge in [0.25, 0.3) is 0 Å². The van der Waals surface area contributed by atoms with Crippen LogP contribution >= 0.6 is 0 Å². The fourth-order valence-corrected chi connectivity index (χ4v) is 8.11. The van der Waals surface area contributed by atoms with E-state index in [9.17, 15) is 65.8 Å². The number of nitrogens with two attached hydrogens (primary N) is 1. The Morgan fingerprint density at radius 1 is 0.692 bits per heavy atom. The van der Waals surface area contributed by atoms with Crippen LogP contribution in [0.3, 0.4) is 0 Å². The summed E-state index contributed by atoms with van der Waals surface area (Å²) in [4.78, 5) is 25.1. The zero-order valence-corrected chi connectivity index (χ0v) is 37.8. The van der Waals surface area contributed by atoms with E-state index in [1.807, 2.05) is 49.5 Å². The second-order valence-electron chi connectivity index (χ2n) is 17.8. The summed E-state index contributed by atoms with van der Waals surface area (Å²) in [6, 6.07) is -1.14. The third kappa shape index (κ3) is 18.8. The molecule has 0 spiro atoms. The first-order chi connectivity index (χ1) is 30.6. The summed E-state index contributed by atoms with van der Waals surface area (Å²) in [5.41, 5.74) is 6.02. The van der Waals surface area contributed by atoms with Gasteiger partial charge in [0.15, 0.2) is 12.1 Å². The van der Waals surface area contributed by atoms with Crippen LogP contribution in [0.15, 0.2) is 72.9 Å². The van der Waals surface area contributed by atoms with E-state index in [-0.39, 0.29) is 38.0 Å². The van der Waals surface area contributed by atoms with E-state index in [4.69, 9.17) is 24.7 Å². The van der Waals surface area contributed by atoms with Crippen molar-refractivity contribution < 1.29 is 84.7 Å². The predicted molar refractivity (Wildman–Crippen MR) is 237 cm³/mol. The zero-order valence-electron chi connectivity index (χ0n) is 37.8. The van der Waals surface area contributed by atoms with Gasteiger partial charge in [-0.1, -0.05) is 86.8 Å². The van der Waals surface area contributed by atoms with Gasteiger partial charge in [0.2, 0.25) is 0 Å². The Hall–Kier alpha value is -3.18. The number of carboxylic acid groups (broad SMARTS) is 1. The molecule has 2 fully saturated rings. The van der Waals surface area contributed by atoms with Crippen molar-refractivity contribution in [3.8, 4) is 0 Å². The van der Waals surface area contributed by atoms with E-state index in [0.29, 0.717) is 0 Å². The highest BCUT2D eigenvalue weighted by atomic mass is 16.7. The average Bonchev–Trinajstić information content (AvgIpc) is 3.21. The summed E-state index contributed by atoms with van der Waals surface area (Å²) in [5.74, 6) is -6.82. The molecule has 0 radical (unpaired) electrons. The molecule has 18 nitrogen and oxygen atoms in total. The number of aliphatic hydroxyl groups is 10. The van der Waals surface area contributed by atoms with Gasteiger partial charge in [-0.05, 0) is 52.4 Å². The number of esters is 1. The molecule has 0 saturated carbocycles. The number of fused-ring (bicyclic) bond motifs is 2. The number of hydrogen-bond acceptors (Lipinski definition) is 17. The summed E-state index contributed by atoms with van der Waals surface area (Å²) in [5, 5.41) is 118. The summed E-state index contributed by atoms with van der Waals surface area (Å²) in [6.45, 7) is 6.78. The zero-order chi connectivity index (χ0) is 48.4. The Balaban J connectivity index is 1.84. The van der Waals surface area contributed by atoms with Crippen molar-refractivity contribution in [3.63, 3.8) is 0 Å². The highest BCUT2D eigenvalue weighted by Crippen LogP contribution is 2.38. The molecular formula is C47H75NO17. The number of aliphatic hydroxyl groups excluding tert-OH is 9. The number of carboxylic acids is 1. The van der Waals surface area contributed by atoms with Crippen molar-refractivity contribution in [1.82, 2.24) is 0 Å². The quantitative estimate of drug-likeness (QED) is 0.175. The van der Waals surface area contributed by atoms with Crippen molar-refractivity contribution in [2.45, 2.75) is 189 Å². The highest BCUT2D eigenvalue weighted by molar-refractivity contribution is 5.71. The van der Waals surface area contributed by atoms with Gasteiger partial charge in [-0.2, -0.15) is 0 Å². The van der Waals surface area contributed by atoms with Gasteiger partial charge in [-0.3, -0.25) is 9.59 Å². The molecule has 65 heavy (non-hydrogen) atoms. The average molecular weight is 926 g/mol. The maximum absolute atomic E-state index is 12.6. The lowest BCUT2D eigenvalue weighted by Crippen LogP contribution is -2.61. The first-order valence-corrected chi connectivity index (χ1v) is 22.6. The lowest BCUT2D eigenvalue weighted by molar-refractivity contribution is -0.310. The molecule has 0 aromatic rings. The summed E-state index contributed by atoms with van der Waals surface area (Å²) < 4.78 is 23.2. The number of ether oxygens (including phenoxy) is 4. The van der Waals surface area contributed by atoms with Crippen LogP contribution < -0.4 is 5.73 Å². The molecule has 0 aliphatic carbocycles. The predicted octanol–water partition coefficient (Wildman–Crippen LogP) is 0.936. The SMILES string of the molecule is C[C@@H]1[C@H](O)[C@@H](C)/C=C/C=C/CC/C=C/C=C/C=C/C=CC(O[C@H]2O[C@H](C)[C@@H](O)[C@H](N)[C@@H]2O)CC2O[C@](O)(CC(O)C(O)CCC(O)CC(O)CC(O)CC(=O)O[C@H]1C)CC(O)C2C(=O)O. The van der Waals surface area contributed by atoms with Crippen LogP contribution in [0.4, 0.5) is 0 Å². The Morgan fingerprint density at radius 2 is 1.28 bits per heavy atom. The second-order valence-corrected chi connectivity index (χ2v) is 17.8. The minimum absolute atomic E-state index is 0.138. The van der Waals surface area contributed by atoms with E-state index >= 15 is 0 Å². The van der Waals surface area contributed by atoms with Gasteiger partial charge in [0, 0.05) is 31.1 Å². The molecule has 0 aromatic heterocycles. The molecule has 0 aromatic carbocycles. The van der Waals surface area contributed by atoms with Gasteiger partial charge >= 0.3 is 11.9 Å². The largest absolute Gasteiger partial charge is 0.481 e. The third-order valence-electron chi connectivity index (χ3n) is 12.2. The maximum Gasteiger partial charge on any atom is 0.311 e.